The molecule has 3 aliphatic rings. The van der Waals surface area contributed by atoms with Crippen LogP contribution in [-0.4, -0.2) is 95.1 Å². The molecule has 4 aromatic rings. The Bertz CT molecular complexity index is 2150. The van der Waals surface area contributed by atoms with Gasteiger partial charge in [-0.15, -0.1) is 10.2 Å². The van der Waals surface area contributed by atoms with E-state index in [0.717, 1.165) is 12.1 Å². The minimum absolute atomic E-state index is 0.0112. The monoisotopic (exact) mass is 757 g/mol. The van der Waals surface area contributed by atoms with Crippen LogP contribution in [0.4, 0.5) is 13.6 Å². The molecule has 3 aromatic heterocycles. The van der Waals surface area contributed by atoms with E-state index in [2.05, 4.69) is 53.8 Å². The molecule has 2 amide bonds. The summed E-state index contributed by atoms with van der Waals surface area (Å²) in [5.74, 6) is -0.0479. The summed E-state index contributed by atoms with van der Waals surface area (Å²) >= 11 is 0.693. The summed E-state index contributed by atoms with van der Waals surface area (Å²) in [5.41, 5.74) is 0.363. The lowest BCUT2D eigenvalue weighted by Crippen LogP contribution is -2.47. The fourth-order valence-corrected chi connectivity index (χ4v) is 10.2. The predicted octanol–water partition coefficient (Wildman–Crippen LogP) is 6.09. The van der Waals surface area contributed by atoms with E-state index in [-0.39, 0.29) is 33.1 Å². The molecule has 0 unspecified atom stereocenters. The largest absolute Gasteiger partial charge is 0.412 e. The molecule has 18 heteroatoms. The number of rotatable bonds is 8. The Labute approximate surface area is 300 Å². The molecule has 2 aliphatic heterocycles. The third-order valence-electron chi connectivity index (χ3n) is 10.8. The average Bonchev–Trinajstić information content (AvgIpc) is 3.40. The Hall–Kier alpha value is -3.63. The summed E-state index contributed by atoms with van der Waals surface area (Å²) in [6.07, 6.45) is 1.56. The number of nitrogens with one attached hydrogen (secondary N) is 1. The van der Waals surface area contributed by atoms with Crippen molar-refractivity contribution in [1.29, 1.82) is 5.26 Å². The van der Waals surface area contributed by atoms with Crippen LogP contribution in [0.3, 0.4) is 0 Å². The number of carbonyl (C=O) groups excluding carboxylic acids is 1. The number of hydrogen-bond acceptors (Lipinski definition) is 10. The van der Waals surface area contributed by atoms with Crippen LogP contribution in [0.15, 0.2) is 29.4 Å². The van der Waals surface area contributed by atoms with Crippen molar-refractivity contribution in [3.05, 3.63) is 35.2 Å². The minimum Gasteiger partial charge on any atom is -0.412 e. The second-order valence-corrected chi connectivity index (χ2v) is 22.7. The van der Waals surface area contributed by atoms with Crippen LogP contribution in [0.25, 0.3) is 27.1 Å². The van der Waals surface area contributed by atoms with Gasteiger partial charge in [0, 0.05) is 42.9 Å². The van der Waals surface area contributed by atoms with Crippen molar-refractivity contribution in [2.24, 2.45) is 0 Å². The highest BCUT2D eigenvalue weighted by Gasteiger charge is 2.47. The average molecular weight is 758 g/mol. The van der Waals surface area contributed by atoms with Gasteiger partial charge in [0.05, 0.1) is 28.3 Å². The van der Waals surface area contributed by atoms with Crippen LogP contribution >= 0.6 is 11.3 Å². The number of alkyl halides is 2. The zero-order valence-electron chi connectivity index (χ0n) is 29.2. The molecule has 0 bridgehead atoms. The number of piperidine rings is 1. The van der Waals surface area contributed by atoms with Gasteiger partial charge in [-0.25, -0.2) is 32.0 Å². The first-order chi connectivity index (χ1) is 24.0. The fraction of sp³-hybridized carbons (Fsp3) is 0.576. The zero-order valence-corrected chi connectivity index (χ0v) is 31.8. The zero-order chi connectivity index (χ0) is 36.5. The first kappa shape index (κ1) is 35.8. The molecule has 1 aliphatic carbocycles. The van der Waals surface area contributed by atoms with Gasteiger partial charge < -0.3 is 14.2 Å². The van der Waals surface area contributed by atoms with Crippen LogP contribution in [0.1, 0.15) is 75.9 Å². The molecule has 272 valence electrons. The maximum Gasteiger partial charge on any atom is 0.320 e. The number of carbonyl (C=O) groups is 1. The molecule has 5 heterocycles. The summed E-state index contributed by atoms with van der Waals surface area (Å²) in [4.78, 5) is 26.5. The molecule has 3 fully saturated rings. The Kier molecular flexibility index (Phi) is 8.97. The molecular formula is C33H41F2N9O4S2Si. The number of benzene rings is 1. The van der Waals surface area contributed by atoms with E-state index in [1.54, 1.807) is 10.6 Å². The molecule has 1 N–H and O–H groups in total. The van der Waals surface area contributed by atoms with Crippen molar-refractivity contribution in [1.82, 2.24) is 39.3 Å². The first-order valence-corrected chi connectivity index (χ1v) is 22.3. The summed E-state index contributed by atoms with van der Waals surface area (Å²) in [5, 5.41) is 18.2. The highest BCUT2D eigenvalue weighted by molar-refractivity contribution is 7.89. The van der Waals surface area contributed by atoms with E-state index in [9.17, 15) is 27.3 Å². The normalized spacial score (nSPS) is 20.1. The van der Waals surface area contributed by atoms with E-state index in [0.29, 0.717) is 85.1 Å². The molecular weight excluding hydrogens is 717 g/mol. The third kappa shape index (κ3) is 6.63. The number of likely N-dealkylation sites (tertiary alicyclic amines) is 2. The fourth-order valence-electron chi connectivity index (χ4n) is 6.73. The lowest BCUT2D eigenvalue weighted by Gasteiger charge is -2.38. The van der Waals surface area contributed by atoms with Crippen molar-refractivity contribution in [3.63, 3.8) is 0 Å². The van der Waals surface area contributed by atoms with E-state index >= 15 is 0 Å². The van der Waals surface area contributed by atoms with E-state index < -0.39 is 35.3 Å². The van der Waals surface area contributed by atoms with Gasteiger partial charge in [0.1, 0.15) is 11.9 Å². The van der Waals surface area contributed by atoms with Gasteiger partial charge in [0.25, 0.3) is 6.43 Å². The lowest BCUT2D eigenvalue weighted by atomic mass is 9.91. The minimum atomic E-state index is -4.10. The smallest absolute Gasteiger partial charge is 0.320 e. The number of halogens is 2. The van der Waals surface area contributed by atoms with Crippen molar-refractivity contribution in [3.8, 4) is 11.2 Å². The van der Waals surface area contributed by atoms with Crippen LogP contribution in [-0.2, 0) is 14.4 Å². The second-order valence-electron chi connectivity index (χ2n) is 15.3. The summed E-state index contributed by atoms with van der Waals surface area (Å²) in [6, 6.07) is 6.61. The van der Waals surface area contributed by atoms with Gasteiger partial charge in [-0.1, -0.05) is 38.2 Å². The van der Waals surface area contributed by atoms with E-state index in [4.69, 9.17) is 9.41 Å². The number of urea groups is 1. The topological polar surface area (TPSA) is 159 Å². The maximum absolute atomic E-state index is 13.6. The van der Waals surface area contributed by atoms with Crippen LogP contribution in [0.2, 0.25) is 18.1 Å². The Morgan fingerprint density at radius 2 is 1.82 bits per heavy atom. The summed E-state index contributed by atoms with van der Waals surface area (Å²) in [7, 11) is -6.06. The van der Waals surface area contributed by atoms with Gasteiger partial charge in [-0.2, -0.15) is 9.98 Å². The molecule has 7 rings (SSSR count). The van der Waals surface area contributed by atoms with Crippen molar-refractivity contribution in [2.45, 2.75) is 99.9 Å². The van der Waals surface area contributed by atoms with Crippen LogP contribution in [0.5, 0.6) is 0 Å². The predicted molar refractivity (Wildman–Crippen MR) is 190 cm³/mol. The van der Waals surface area contributed by atoms with Gasteiger partial charge in [-0.3, -0.25) is 4.57 Å². The summed E-state index contributed by atoms with van der Waals surface area (Å²) < 4.78 is 64.7. The Morgan fingerprint density at radius 3 is 2.45 bits per heavy atom. The quantitative estimate of drug-likeness (QED) is 0.210. The van der Waals surface area contributed by atoms with Crippen LogP contribution in [0, 0.1) is 11.3 Å². The number of nitrogens with zero attached hydrogens (tertiary/aromatic N) is 8. The maximum atomic E-state index is 13.6. The number of fused-ring (bicyclic) bond motifs is 3. The lowest BCUT2D eigenvalue weighted by molar-refractivity contribution is 0.138. The standard InChI is InChI=1S/C33H41F2N9O4S2Si/c1-32(2,3)51(4,5)48-21-10-15-43(17-21)31(45)42-13-8-20(9-14-42)26-25-23-7-6-22(50(46,47)41-33(18-36)11-12-33)16-24(23)44(28(25)38-19-37-26)30-40-39-29(49-30)27(34)35/h6-7,16,19-21,27,41H,8-15,17H2,1-5H3/t21-/m1/s1. The van der Waals surface area contributed by atoms with Gasteiger partial charge in [-0.05, 0) is 62.4 Å². The highest BCUT2D eigenvalue weighted by Crippen LogP contribution is 2.42. The number of aromatic nitrogens is 5. The molecule has 13 nitrogen and oxygen atoms in total. The molecule has 0 radical (unpaired) electrons. The SMILES string of the molecule is CC(C)(C)[Si](C)(C)O[C@@H]1CCN(C(=O)N2CCC(c3ncnc4c3c3ccc(S(=O)(=O)NC5(C#N)CC5)cc3n4-c3nnc(C(F)F)s3)CC2)C1. The molecule has 1 aromatic carbocycles. The third-order valence-corrected chi connectivity index (χ3v) is 17.8. The van der Waals surface area contributed by atoms with Gasteiger partial charge in [0.15, 0.2) is 19.0 Å². The molecule has 1 saturated carbocycles. The Balaban J connectivity index is 1.17. The molecule has 2 saturated heterocycles. The molecule has 0 spiro atoms. The Morgan fingerprint density at radius 1 is 1.12 bits per heavy atom. The molecule has 1 atom stereocenters. The number of amides is 2. The van der Waals surface area contributed by atoms with Crippen molar-refractivity contribution < 1.29 is 26.4 Å². The highest BCUT2D eigenvalue weighted by atomic mass is 32.2. The summed E-state index contributed by atoms with van der Waals surface area (Å²) in [6.45, 7) is 13.4. The van der Waals surface area contributed by atoms with Crippen molar-refractivity contribution in [2.75, 3.05) is 26.2 Å². The van der Waals surface area contributed by atoms with Crippen LogP contribution < -0.4 is 4.72 Å². The van der Waals surface area contributed by atoms with Gasteiger partial charge >= 0.3 is 6.03 Å². The van der Waals surface area contributed by atoms with Gasteiger partial charge in [0.2, 0.25) is 15.2 Å². The number of sulfonamides is 1. The molecule has 51 heavy (non-hydrogen) atoms. The van der Waals surface area contributed by atoms with E-state index in [1.807, 2.05) is 15.9 Å². The van der Waals surface area contributed by atoms with E-state index in [1.165, 1.54) is 18.5 Å². The first-order valence-electron chi connectivity index (χ1n) is 17.1. The number of hydrogen-bond donors (Lipinski definition) is 1. The van der Waals surface area contributed by atoms with Crippen molar-refractivity contribution >= 4 is 57.6 Å². The second kappa shape index (κ2) is 12.8. The number of nitriles is 1.